The number of hydrogen-bond acceptors (Lipinski definition) is 4. The van der Waals surface area contributed by atoms with Crippen LogP contribution in [0.2, 0.25) is 0 Å². The number of methoxy groups -OCH3 is 1. The van der Waals surface area contributed by atoms with Gasteiger partial charge in [-0.05, 0) is 19.1 Å². The lowest BCUT2D eigenvalue weighted by atomic mass is 10.0. The van der Waals surface area contributed by atoms with Crippen molar-refractivity contribution in [3.63, 3.8) is 0 Å². The summed E-state index contributed by atoms with van der Waals surface area (Å²) in [6.07, 6.45) is 0. The Morgan fingerprint density at radius 2 is 1.54 bits per heavy atom. The van der Waals surface area contributed by atoms with Gasteiger partial charge >= 0.3 is 0 Å². The van der Waals surface area contributed by atoms with Crippen molar-refractivity contribution in [1.29, 1.82) is 0 Å². The van der Waals surface area contributed by atoms with E-state index >= 15 is 0 Å². The van der Waals surface area contributed by atoms with Crippen LogP contribution < -0.4 is 4.74 Å². The maximum Gasteiger partial charge on any atom is 0.254 e. The number of carbonyl (C=O) groups excluding carboxylic acids is 2. The highest BCUT2D eigenvalue weighted by Gasteiger charge is 2.24. The van der Waals surface area contributed by atoms with Crippen LogP contribution in [0.3, 0.4) is 0 Å². The molecule has 3 rings (SSSR count). The first-order valence-electron chi connectivity index (χ1n) is 8.83. The normalized spacial score (nSPS) is 14.9. The molecule has 1 saturated heterocycles. The molecule has 0 unspecified atom stereocenters. The van der Waals surface area contributed by atoms with E-state index < -0.39 is 0 Å². The highest BCUT2D eigenvalue weighted by molar-refractivity contribution is 6.07. The van der Waals surface area contributed by atoms with Gasteiger partial charge in [-0.1, -0.05) is 36.4 Å². The zero-order valence-corrected chi connectivity index (χ0v) is 15.3. The van der Waals surface area contributed by atoms with Crippen molar-refractivity contribution in [3.05, 3.63) is 65.2 Å². The molecule has 0 atom stereocenters. The number of carbonyl (C=O) groups is 2. The molecular weight excluding hydrogens is 328 g/mol. The zero-order valence-electron chi connectivity index (χ0n) is 15.3. The third kappa shape index (κ3) is 3.94. The number of piperazine rings is 1. The molecule has 5 heteroatoms. The maximum atomic E-state index is 12.8. The number of ketones is 1. The number of para-hydroxylation sites is 1. The molecule has 1 aliphatic heterocycles. The first kappa shape index (κ1) is 18.1. The summed E-state index contributed by atoms with van der Waals surface area (Å²) >= 11 is 0. The molecule has 1 amide bonds. The Morgan fingerprint density at radius 3 is 2.19 bits per heavy atom. The monoisotopic (exact) mass is 352 g/mol. The van der Waals surface area contributed by atoms with Gasteiger partial charge in [0.05, 0.1) is 12.7 Å². The van der Waals surface area contributed by atoms with E-state index in [1.807, 2.05) is 23.1 Å². The predicted molar refractivity (Wildman–Crippen MR) is 101 cm³/mol. The highest BCUT2D eigenvalue weighted by atomic mass is 16.5. The molecule has 5 nitrogen and oxygen atoms in total. The van der Waals surface area contributed by atoms with Crippen molar-refractivity contribution in [1.82, 2.24) is 9.80 Å². The second-order valence-corrected chi connectivity index (χ2v) is 6.48. The summed E-state index contributed by atoms with van der Waals surface area (Å²) in [6.45, 7) is 5.20. The average molecular weight is 352 g/mol. The predicted octanol–water partition coefficient (Wildman–Crippen LogP) is 2.86. The number of rotatable bonds is 5. The molecule has 1 heterocycles. The van der Waals surface area contributed by atoms with Crippen LogP contribution in [-0.4, -0.2) is 54.8 Å². The summed E-state index contributed by atoms with van der Waals surface area (Å²) in [4.78, 5) is 28.8. The third-order valence-electron chi connectivity index (χ3n) is 4.78. The largest absolute Gasteiger partial charge is 0.496 e. The van der Waals surface area contributed by atoms with Crippen molar-refractivity contribution in [3.8, 4) is 5.75 Å². The Hall–Kier alpha value is -2.66. The molecule has 26 heavy (non-hydrogen) atoms. The molecule has 2 aromatic carbocycles. The van der Waals surface area contributed by atoms with Crippen LogP contribution >= 0.6 is 0 Å². The van der Waals surface area contributed by atoms with Crippen LogP contribution in [0.4, 0.5) is 0 Å². The summed E-state index contributed by atoms with van der Waals surface area (Å²) in [6, 6.07) is 15.1. The summed E-state index contributed by atoms with van der Waals surface area (Å²) < 4.78 is 5.42. The fourth-order valence-corrected chi connectivity index (χ4v) is 3.33. The first-order valence-corrected chi connectivity index (χ1v) is 8.83. The van der Waals surface area contributed by atoms with E-state index in [-0.39, 0.29) is 11.7 Å². The molecule has 0 N–H and O–H groups in total. The van der Waals surface area contributed by atoms with Gasteiger partial charge < -0.3 is 9.64 Å². The standard InChI is InChI=1S/C21H24N2O3/c1-16(24)18-8-4-5-9-19(18)21(25)23-13-11-22(12-14-23)15-17-7-3-6-10-20(17)26-2/h3-10H,11-15H2,1-2H3. The van der Waals surface area contributed by atoms with E-state index in [0.29, 0.717) is 24.2 Å². The van der Waals surface area contributed by atoms with Crippen LogP contribution in [0.5, 0.6) is 5.75 Å². The Kier molecular flexibility index (Phi) is 5.68. The van der Waals surface area contributed by atoms with Gasteiger partial charge in [0.15, 0.2) is 5.78 Å². The first-order chi connectivity index (χ1) is 12.6. The van der Waals surface area contributed by atoms with E-state index in [0.717, 1.165) is 30.9 Å². The minimum Gasteiger partial charge on any atom is -0.496 e. The molecular formula is C21H24N2O3. The molecule has 0 radical (unpaired) electrons. The van der Waals surface area contributed by atoms with Gasteiger partial charge in [0.1, 0.15) is 5.75 Å². The quantitative estimate of drug-likeness (QED) is 0.777. The molecule has 0 spiro atoms. The van der Waals surface area contributed by atoms with Gasteiger partial charge in [0.25, 0.3) is 5.91 Å². The van der Waals surface area contributed by atoms with Gasteiger partial charge in [0.2, 0.25) is 0 Å². The molecule has 0 saturated carbocycles. The number of ether oxygens (including phenoxy) is 1. The van der Waals surface area contributed by atoms with Gasteiger partial charge in [-0.15, -0.1) is 0 Å². The number of amides is 1. The summed E-state index contributed by atoms with van der Waals surface area (Å²) in [5.41, 5.74) is 2.14. The molecule has 136 valence electrons. The molecule has 1 aliphatic rings. The van der Waals surface area contributed by atoms with E-state index in [4.69, 9.17) is 4.74 Å². The lowest BCUT2D eigenvalue weighted by molar-refractivity contribution is 0.0624. The molecule has 1 fully saturated rings. The van der Waals surface area contributed by atoms with Crippen molar-refractivity contribution in [2.75, 3.05) is 33.3 Å². The summed E-state index contributed by atoms with van der Waals surface area (Å²) in [5, 5.41) is 0. The maximum absolute atomic E-state index is 12.8. The number of hydrogen-bond donors (Lipinski definition) is 0. The van der Waals surface area contributed by atoms with Gasteiger partial charge in [-0.2, -0.15) is 0 Å². The smallest absolute Gasteiger partial charge is 0.254 e. The Morgan fingerprint density at radius 1 is 0.923 bits per heavy atom. The van der Waals surface area contributed by atoms with E-state index in [9.17, 15) is 9.59 Å². The zero-order chi connectivity index (χ0) is 18.5. The Labute approximate surface area is 154 Å². The van der Waals surface area contributed by atoms with Crippen molar-refractivity contribution < 1.29 is 14.3 Å². The van der Waals surface area contributed by atoms with E-state index in [1.165, 1.54) is 6.92 Å². The number of nitrogens with zero attached hydrogens (tertiary/aromatic N) is 2. The van der Waals surface area contributed by atoms with E-state index in [2.05, 4.69) is 11.0 Å². The molecule has 2 aromatic rings. The molecule has 0 aliphatic carbocycles. The number of Topliss-reactive ketones (excluding diaryl/α,β-unsaturated/α-hetero) is 1. The second kappa shape index (κ2) is 8.15. The van der Waals surface area contributed by atoms with Crippen LogP contribution in [0.25, 0.3) is 0 Å². The van der Waals surface area contributed by atoms with Crippen LogP contribution in [0.1, 0.15) is 33.2 Å². The van der Waals surface area contributed by atoms with Crippen molar-refractivity contribution >= 4 is 11.7 Å². The highest BCUT2D eigenvalue weighted by Crippen LogP contribution is 2.20. The SMILES string of the molecule is COc1ccccc1CN1CCN(C(=O)c2ccccc2C(C)=O)CC1. The second-order valence-electron chi connectivity index (χ2n) is 6.48. The molecule has 0 bridgehead atoms. The lowest BCUT2D eigenvalue weighted by Gasteiger charge is -2.35. The topological polar surface area (TPSA) is 49.9 Å². The average Bonchev–Trinajstić information content (AvgIpc) is 2.68. The summed E-state index contributed by atoms with van der Waals surface area (Å²) in [5.74, 6) is 0.748. The lowest BCUT2D eigenvalue weighted by Crippen LogP contribution is -2.48. The number of benzene rings is 2. The minimum absolute atomic E-state index is 0.0623. The molecule has 0 aromatic heterocycles. The fourth-order valence-electron chi connectivity index (χ4n) is 3.33. The Balaban J connectivity index is 1.64. The minimum atomic E-state index is -0.0799. The van der Waals surface area contributed by atoms with Gasteiger partial charge in [-0.25, -0.2) is 0 Å². The van der Waals surface area contributed by atoms with Crippen LogP contribution in [0, 0.1) is 0 Å². The van der Waals surface area contributed by atoms with Crippen molar-refractivity contribution in [2.24, 2.45) is 0 Å². The van der Waals surface area contributed by atoms with Crippen LogP contribution in [-0.2, 0) is 6.54 Å². The van der Waals surface area contributed by atoms with Crippen molar-refractivity contribution in [2.45, 2.75) is 13.5 Å². The van der Waals surface area contributed by atoms with E-state index in [1.54, 1.807) is 31.4 Å². The third-order valence-corrected chi connectivity index (χ3v) is 4.78. The summed E-state index contributed by atoms with van der Waals surface area (Å²) in [7, 11) is 1.68. The van der Waals surface area contributed by atoms with Gasteiger partial charge in [-0.3, -0.25) is 14.5 Å². The van der Waals surface area contributed by atoms with Crippen LogP contribution in [0.15, 0.2) is 48.5 Å². The fraction of sp³-hybridized carbons (Fsp3) is 0.333. The van der Waals surface area contributed by atoms with Gasteiger partial charge in [0, 0.05) is 43.9 Å². The Bertz CT molecular complexity index is 795.